The molecule has 0 aliphatic heterocycles. The van der Waals surface area contributed by atoms with Crippen LogP contribution < -0.4 is 19.5 Å². The van der Waals surface area contributed by atoms with E-state index >= 15 is 0 Å². The van der Waals surface area contributed by atoms with Gasteiger partial charge in [-0.2, -0.15) is 0 Å². The van der Waals surface area contributed by atoms with E-state index in [1.165, 1.54) is 18.2 Å². The molecular weight excluding hydrogens is 544 g/mol. The maximum atomic E-state index is 12.7. The molecule has 3 aromatic carbocycles. The number of hydrogen-bond acceptors (Lipinski definition) is 5. The second-order valence-corrected chi connectivity index (χ2v) is 10.3. The minimum atomic E-state index is -3.87. The SMILES string of the molecule is CCOc1ccc(NS(=O)(=O)c2ccc(OCC(=O)N[C@H](C)c3ccc(Br)cc3)c(Cl)c2)cc1. The Bertz CT molecular complexity index is 1240. The van der Waals surface area contributed by atoms with Crippen LogP contribution in [0.1, 0.15) is 25.5 Å². The van der Waals surface area contributed by atoms with Crippen molar-refractivity contribution in [1.29, 1.82) is 0 Å². The first-order chi connectivity index (χ1) is 16.2. The van der Waals surface area contributed by atoms with E-state index in [4.69, 9.17) is 21.1 Å². The average molecular weight is 568 g/mol. The lowest BCUT2D eigenvalue weighted by Gasteiger charge is -2.15. The van der Waals surface area contributed by atoms with Gasteiger partial charge in [0.15, 0.2) is 6.61 Å². The molecule has 7 nitrogen and oxygen atoms in total. The highest BCUT2D eigenvalue weighted by atomic mass is 79.9. The molecular formula is C24H24BrClN2O5S. The van der Waals surface area contributed by atoms with Crippen molar-refractivity contribution in [3.8, 4) is 11.5 Å². The third-order valence-electron chi connectivity index (χ3n) is 4.74. The van der Waals surface area contributed by atoms with Gasteiger partial charge in [0.05, 0.1) is 22.6 Å². The average Bonchev–Trinajstić information content (AvgIpc) is 2.80. The molecule has 0 aliphatic carbocycles. The van der Waals surface area contributed by atoms with Gasteiger partial charge in [0.25, 0.3) is 15.9 Å². The lowest BCUT2D eigenvalue weighted by molar-refractivity contribution is -0.123. The number of carbonyl (C=O) groups is 1. The molecule has 0 heterocycles. The summed E-state index contributed by atoms with van der Waals surface area (Å²) in [6.45, 7) is 3.98. The molecule has 3 rings (SSSR count). The maximum absolute atomic E-state index is 12.7. The third kappa shape index (κ3) is 7.12. The monoisotopic (exact) mass is 566 g/mol. The summed E-state index contributed by atoms with van der Waals surface area (Å²) < 4.78 is 39.7. The van der Waals surface area contributed by atoms with Gasteiger partial charge in [-0.05, 0) is 74.0 Å². The van der Waals surface area contributed by atoms with Crippen molar-refractivity contribution in [3.63, 3.8) is 0 Å². The zero-order valence-electron chi connectivity index (χ0n) is 18.5. The van der Waals surface area contributed by atoms with Crippen molar-refractivity contribution in [2.75, 3.05) is 17.9 Å². The Balaban J connectivity index is 1.59. The molecule has 1 amide bonds. The Kier molecular flexibility index (Phi) is 8.82. The van der Waals surface area contributed by atoms with Crippen LogP contribution in [0, 0.1) is 0 Å². The molecule has 10 heteroatoms. The van der Waals surface area contributed by atoms with E-state index < -0.39 is 10.0 Å². The van der Waals surface area contributed by atoms with Crippen LogP contribution in [0.5, 0.6) is 11.5 Å². The molecule has 0 aromatic heterocycles. The number of carbonyl (C=O) groups excluding carboxylic acids is 1. The molecule has 0 bridgehead atoms. The summed E-state index contributed by atoms with van der Waals surface area (Å²) in [5, 5.41) is 2.92. The summed E-state index contributed by atoms with van der Waals surface area (Å²) >= 11 is 9.60. The van der Waals surface area contributed by atoms with Crippen LogP contribution in [0.15, 0.2) is 76.1 Å². The maximum Gasteiger partial charge on any atom is 0.261 e. The number of amides is 1. The number of ether oxygens (including phenoxy) is 2. The van der Waals surface area contributed by atoms with Gasteiger partial charge >= 0.3 is 0 Å². The van der Waals surface area contributed by atoms with Crippen LogP contribution >= 0.6 is 27.5 Å². The van der Waals surface area contributed by atoms with Crippen molar-refractivity contribution >= 4 is 49.1 Å². The number of hydrogen-bond donors (Lipinski definition) is 2. The minimum absolute atomic E-state index is 0.0351. The van der Waals surface area contributed by atoms with Gasteiger partial charge in [-0.1, -0.05) is 39.7 Å². The first-order valence-corrected chi connectivity index (χ1v) is 13.1. The molecule has 0 spiro atoms. The van der Waals surface area contributed by atoms with Crippen molar-refractivity contribution < 1.29 is 22.7 Å². The summed E-state index contributed by atoms with van der Waals surface area (Å²) in [6, 6.07) is 18.0. The van der Waals surface area contributed by atoms with Crippen molar-refractivity contribution in [3.05, 3.63) is 81.8 Å². The van der Waals surface area contributed by atoms with E-state index in [1.54, 1.807) is 24.3 Å². The van der Waals surface area contributed by atoms with Crippen LogP contribution in [0.2, 0.25) is 5.02 Å². The molecule has 180 valence electrons. The quantitative estimate of drug-likeness (QED) is 0.335. The molecule has 0 aliphatic rings. The van der Waals surface area contributed by atoms with Gasteiger partial charge in [-0.3, -0.25) is 9.52 Å². The highest BCUT2D eigenvalue weighted by Crippen LogP contribution is 2.28. The van der Waals surface area contributed by atoms with Crippen molar-refractivity contribution in [1.82, 2.24) is 5.32 Å². The van der Waals surface area contributed by atoms with E-state index in [-0.39, 0.29) is 34.2 Å². The smallest absolute Gasteiger partial charge is 0.261 e. The second-order valence-electron chi connectivity index (χ2n) is 7.28. The molecule has 0 unspecified atom stereocenters. The second kappa shape index (κ2) is 11.6. The zero-order chi connectivity index (χ0) is 24.7. The van der Waals surface area contributed by atoms with Crippen molar-refractivity contribution in [2.24, 2.45) is 0 Å². The van der Waals surface area contributed by atoms with Crippen LogP contribution in [0.3, 0.4) is 0 Å². The Labute approximate surface area is 212 Å². The van der Waals surface area contributed by atoms with E-state index in [0.717, 1.165) is 10.0 Å². The van der Waals surface area contributed by atoms with Crippen LogP contribution in [-0.2, 0) is 14.8 Å². The zero-order valence-corrected chi connectivity index (χ0v) is 21.7. The third-order valence-corrected chi connectivity index (χ3v) is 6.94. The fourth-order valence-electron chi connectivity index (χ4n) is 3.03. The van der Waals surface area contributed by atoms with Gasteiger partial charge in [0.1, 0.15) is 11.5 Å². The summed E-state index contributed by atoms with van der Waals surface area (Å²) in [5.41, 5.74) is 1.33. The van der Waals surface area contributed by atoms with Gasteiger partial charge < -0.3 is 14.8 Å². The molecule has 0 fully saturated rings. The number of rotatable bonds is 10. The minimum Gasteiger partial charge on any atom is -0.494 e. The fourth-order valence-corrected chi connectivity index (χ4v) is 4.68. The molecule has 1 atom stereocenters. The number of benzene rings is 3. The Morgan fingerprint density at radius 3 is 2.32 bits per heavy atom. The van der Waals surface area contributed by atoms with Gasteiger partial charge in [0, 0.05) is 10.2 Å². The molecule has 0 saturated carbocycles. The number of nitrogens with one attached hydrogen (secondary N) is 2. The van der Waals surface area contributed by atoms with Crippen molar-refractivity contribution in [2.45, 2.75) is 24.8 Å². The predicted molar refractivity (Wildman–Crippen MR) is 136 cm³/mol. The lowest BCUT2D eigenvalue weighted by atomic mass is 10.1. The Hall–Kier alpha value is -2.75. The Morgan fingerprint density at radius 1 is 1.03 bits per heavy atom. The molecule has 0 radical (unpaired) electrons. The first kappa shape index (κ1) is 25.9. The first-order valence-electron chi connectivity index (χ1n) is 10.4. The summed E-state index contributed by atoms with van der Waals surface area (Å²) in [5.74, 6) is 0.513. The van der Waals surface area contributed by atoms with E-state index in [9.17, 15) is 13.2 Å². The highest BCUT2D eigenvalue weighted by Gasteiger charge is 2.17. The molecule has 3 aromatic rings. The van der Waals surface area contributed by atoms with Crippen LogP contribution in [-0.4, -0.2) is 27.5 Å². The van der Waals surface area contributed by atoms with Gasteiger partial charge in [-0.15, -0.1) is 0 Å². The molecule has 2 N–H and O–H groups in total. The van der Waals surface area contributed by atoms with E-state index in [1.807, 2.05) is 38.1 Å². The number of sulfonamides is 1. The topological polar surface area (TPSA) is 93.7 Å². The highest BCUT2D eigenvalue weighted by molar-refractivity contribution is 9.10. The Morgan fingerprint density at radius 2 is 1.71 bits per heavy atom. The number of halogens is 2. The normalized spacial score (nSPS) is 12.0. The molecule has 0 saturated heterocycles. The molecule has 34 heavy (non-hydrogen) atoms. The summed E-state index contributed by atoms with van der Waals surface area (Å²) in [7, 11) is -3.87. The van der Waals surface area contributed by atoms with Gasteiger partial charge in [-0.25, -0.2) is 8.42 Å². The van der Waals surface area contributed by atoms with Gasteiger partial charge in [0.2, 0.25) is 0 Å². The van der Waals surface area contributed by atoms with E-state index in [0.29, 0.717) is 18.0 Å². The van der Waals surface area contributed by atoms with Crippen LogP contribution in [0.4, 0.5) is 5.69 Å². The lowest BCUT2D eigenvalue weighted by Crippen LogP contribution is -2.31. The summed E-state index contributed by atoms with van der Waals surface area (Å²) in [4.78, 5) is 12.2. The fraction of sp³-hybridized carbons (Fsp3) is 0.208. The van der Waals surface area contributed by atoms with Crippen LogP contribution in [0.25, 0.3) is 0 Å². The summed E-state index contributed by atoms with van der Waals surface area (Å²) in [6.07, 6.45) is 0. The standard InChI is InChI=1S/C24H24BrClN2O5S/c1-3-32-20-10-8-19(9-11-20)28-34(30,31)21-12-13-23(22(26)14-21)33-15-24(29)27-16(2)17-4-6-18(25)7-5-17/h4-14,16,28H,3,15H2,1-2H3,(H,27,29)/t16-/m1/s1. The van der Waals surface area contributed by atoms with E-state index in [2.05, 4.69) is 26.0 Å². The number of anilines is 1. The largest absolute Gasteiger partial charge is 0.494 e. The predicted octanol–water partition coefficient (Wildman–Crippen LogP) is 5.56.